The van der Waals surface area contributed by atoms with E-state index in [-0.39, 0.29) is 63.1 Å². The van der Waals surface area contributed by atoms with Gasteiger partial charge in [0.25, 0.3) is 0 Å². The van der Waals surface area contributed by atoms with Crippen molar-refractivity contribution in [3.05, 3.63) is 97.1 Å². The fraction of sp³-hybridized carbons (Fsp3) is 0.424. The minimum Gasteiger partial charge on any atom is -0.463 e. The van der Waals surface area contributed by atoms with E-state index >= 15 is 0 Å². The lowest BCUT2D eigenvalue weighted by Gasteiger charge is -2.24. The molecule has 2 rings (SSSR count). The zero-order valence-corrected chi connectivity index (χ0v) is 23.8. The van der Waals surface area contributed by atoms with Gasteiger partial charge in [0.2, 0.25) is 11.8 Å². The van der Waals surface area contributed by atoms with E-state index < -0.39 is 12.0 Å². The largest absolute Gasteiger partial charge is 0.463 e. The predicted molar refractivity (Wildman–Crippen MR) is 160 cm³/mol. The van der Waals surface area contributed by atoms with Crippen molar-refractivity contribution in [2.45, 2.75) is 44.6 Å². The first-order valence-corrected chi connectivity index (χ1v) is 14.2. The van der Waals surface area contributed by atoms with E-state index in [4.69, 9.17) is 14.6 Å². The number of carbonyl (C=O) groups is 3. The van der Waals surface area contributed by atoms with Gasteiger partial charge in [0, 0.05) is 13.0 Å². The topological polar surface area (TPSA) is 114 Å². The van der Waals surface area contributed by atoms with Crippen LogP contribution >= 0.6 is 0 Å². The number of aliphatic hydroxyl groups excluding tert-OH is 1. The zero-order chi connectivity index (χ0) is 29.7. The molecule has 0 aliphatic carbocycles. The molecule has 0 spiro atoms. The molecule has 2 aromatic carbocycles. The highest BCUT2D eigenvalue weighted by molar-refractivity contribution is 5.86. The number of hydrogen-bond donors (Lipinski definition) is 3. The number of hydrogen-bond acceptors (Lipinski definition) is 6. The molecular formula is C33H44N2O6. The Labute approximate surface area is 243 Å². The highest BCUT2D eigenvalue weighted by Gasteiger charge is 2.26. The average Bonchev–Trinajstić information content (AvgIpc) is 2.99. The van der Waals surface area contributed by atoms with Gasteiger partial charge in [-0.25, -0.2) is 0 Å². The Morgan fingerprint density at radius 1 is 0.927 bits per heavy atom. The van der Waals surface area contributed by atoms with Crippen LogP contribution in [0.5, 0.6) is 0 Å². The second-order valence-corrected chi connectivity index (χ2v) is 9.82. The van der Waals surface area contributed by atoms with E-state index in [1.807, 2.05) is 66.7 Å². The van der Waals surface area contributed by atoms with Crippen molar-refractivity contribution in [3.63, 3.8) is 0 Å². The summed E-state index contributed by atoms with van der Waals surface area (Å²) in [5, 5.41) is 14.5. The average molecular weight is 565 g/mol. The minimum atomic E-state index is -0.641. The minimum absolute atomic E-state index is 0.0262. The lowest BCUT2D eigenvalue weighted by Crippen LogP contribution is -2.39. The molecule has 41 heavy (non-hydrogen) atoms. The molecule has 2 amide bonds. The monoisotopic (exact) mass is 564 g/mol. The number of unbranched alkanes of at least 4 members (excludes halogenated alkanes) is 1. The van der Waals surface area contributed by atoms with E-state index in [2.05, 4.69) is 23.8 Å². The van der Waals surface area contributed by atoms with Crippen LogP contribution in [0.25, 0.3) is 0 Å². The molecule has 2 aromatic rings. The van der Waals surface area contributed by atoms with Crippen molar-refractivity contribution >= 4 is 17.8 Å². The quantitative estimate of drug-likeness (QED) is 0.118. The van der Waals surface area contributed by atoms with E-state index in [0.717, 1.165) is 24.0 Å². The Hall–Kier alpha value is -3.75. The molecule has 3 N–H and O–H groups in total. The molecule has 0 unspecified atom stereocenters. The van der Waals surface area contributed by atoms with Crippen LogP contribution in [0.1, 0.15) is 49.3 Å². The molecule has 0 saturated carbocycles. The number of rotatable bonds is 21. The third kappa shape index (κ3) is 13.4. The van der Waals surface area contributed by atoms with Crippen molar-refractivity contribution in [1.29, 1.82) is 0 Å². The third-order valence-electron chi connectivity index (χ3n) is 6.59. The van der Waals surface area contributed by atoms with Crippen molar-refractivity contribution < 1.29 is 29.0 Å². The van der Waals surface area contributed by atoms with Gasteiger partial charge in [-0.2, -0.15) is 0 Å². The lowest BCUT2D eigenvalue weighted by atomic mass is 9.94. The van der Waals surface area contributed by atoms with Crippen LogP contribution < -0.4 is 10.6 Å². The summed E-state index contributed by atoms with van der Waals surface area (Å²) in [4.78, 5) is 39.0. The summed E-state index contributed by atoms with van der Waals surface area (Å²) in [5.74, 6) is -1.88. The predicted octanol–water partition coefficient (Wildman–Crippen LogP) is 4.31. The molecule has 0 aliphatic rings. The Bertz CT molecular complexity index is 1060. The van der Waals surface area contributed by atoms with Crippen LogP contribution in [0.15, 0.2) is 86.0 Å². The summed E-state index contributed by atoms with van der Waals surface area (Å²) >= 11 is 0. The number of ether oxygens (including phenoxy) is 2. The van der Waals surface area contributed by atoms with Crippen LogP contribution in [-0.4, -0.2) is 55.9 Å². The summed E-state index contributed by atoms with van der Waals surface area (Å²) < 4.78 is 11.0. The Balaban J connectivity index is 2.06. The van der Waals surface area contributed by atoms with Gasteiger partial charge in [-0.1, -0.05) is 72.8 Å². The standard InChI is InChI=1S/C33H44N2O6/c1-3-5-8-18-29(23-26-14-9-6-10-15-26)33(39)41-25-30(27-16-11-7-12-17-27)35-32(38)28(13-4-2)24-31(37)34-19-21-40-22-20-36/h3-4,6-7,9-12,14-17,28-30,36H,1-2,5,8,13,18-25H2,(H,34,37)(H,35,38)/t28-,29+,30+/m0/s1. The second-order valence-electron chi connectivity index (χ2n) is 9.82. The molecule has 0 fully saturated rings. The maximum Gasteiger partial charge on any atom is 0.309 e. The van der Waals surface area contributed by atoms with Gasteiger partial charge in [0.15, 0.2) is 0 Å². The van der Waals surface area contributed by atoms with E-state index in [1.165, 1.54) is 0 Å². The maximum absolute atomic E-state index is 13.3. The second kappa shape index (κ2) is 20.2. The fourth-order valence-corrected chi connectivity index (χ4v) is 4.40. The van der Waals surface area contributed by atoms with Gasteiger partial charge in [-0.15, -0.1) is 13.2 Å². The van der Waals surface area contributed by atoms with Gasteiger partial charge in [0.1, 0.15) is 6.61 Å². The summed E-state index contributed by atoms with van der Waals surface area (Å²) in [5.41, 5.74) is 1.86. The number of amides is 2. The maximum atomic E-state index is 13.3. The van der Waals surface area contributed by atoms with Crippen LogP contribution in [-0.2, 0) is 30.3 Å². The number of nitrogens with one attached hydrogen (secondary N) is 2. The molecule has 8 nitrogen and oxygen atoms in total. The molecule has 0 radical (unpaired) electrons. The normalized spacial score (nSPS) is 12.9. The molecule has 0 heterocycles. The molecule has 0 bridgehead atoms. The molecule has 222 valence electrons. The summed E-state index contributed by atoms with van der Waals surface area (Å²) in [6.07, 6.45) is 6.62. The number of allylic oxidation sites excluding steroid dienone is 2. The Morgan fingerprint density at radius 2 is 1.63 bits per heavy atom. The number of esters is 1. The van der Waals surface area contributed by atoms with E-state index in [9.17, 15) is 14.4 Å². The number of carbonyl (C=O) groups excluding carboxylic acids is 3. The molecule has 3 atom stereocenters. The van der Waals surface area contributed by atoms with Crippen molar-refractivity contribution in [2.75, 3.05) is 33.0 Å². The first-order chi connectivity index (χ1) is 20.0. The highest BCUT2D eigenvalue weighted by Crippen LogP contribution is 2.21. The van der Waals surface area contributed by atoms with E-state index in [0.29, 0.717) is 19.3 Å². The van der Waals surface area contributed by atoms with E-state index in [1.54, 1.807) is 6.08 Å². The summed E-state index contributed by atoms with van der Waals surface area (Å²) in [6.45, 7) is 8.14. The van der Waals surface area contributed by atoms with Crippen molar-refractivity contribution in [2.24, 2.45) is 11.8 Å². The number of aliphatic hydroxyl groups is 1. The SMILES string of the molecule is C=CCCC[C@H](Cc1ccccc1)C(=O)OC[C@@H](NC(=O)[C@@H](CC=C)CC(=O)NCCOCCO)c1ccccc1. The van der Waals surface area contributed by atoms with Gasteiger partial charge >= 0.3 is 5.97 Å². The van der Waals surface area contributed by atoms with Crippen LogP contribution in [0, 0.1) is 11.8 Å². The molecule has 0 saturated heterocycles. The Morgan fingerprint density at radius 3 is 2.29 bits per heavy atom. The molecule has 8 heteroatoms. The fourth-order valence-electron chi connectivity index (χ4n) is 4.40. The van der Waals surface area contributed by atoms with Gasteiger partial charge in [-0.05, 0) is 43.2 Å². The first kappa shape index (κ1) is 33.5. The summed E-state index contributed by atoms with van der Waals surface area (Å²) in [6, 6.07) is 18.6. The van der Waals surface area contributed by atoms with Crippen molar-refractivity contribution in [1.82, 2.24) is 10.6 Å². The smallest absolute Gasteiger partial charge is 0.309 e. The molecule has 0 aromatic heterocycles. The van der Waals surface area contributed by atoms with Gasteiger partial charge < -0.3 is 25.2 Å². The van der Waals surface area contributed by atoms with Gasteiger partial charge in [0.05, 0.1) is 37.7 Å². The summed E-state index contributed by atoms with van der Waals surface area (Å²) in [7, 11) is 0. The Kier molecular flexibility index (Phi) is 16.5. The lowest BCUT2D eigenvalue weighted by molar-refractivity contribution is -0.150. The number of benzene rings is 2. The van der Waals surface area contributed by atoms with Crippen LogP contribution in [0.2, 0.25) is 0 Å². The third-order valence-corrected chi connectivity index (χ3v) is 6.59. The van der Waals surface area contributed by atoms with Crippen LogP contribution in [0.4, 0.5) is 0 Å². The molecule has 0 aliphatic heterocycles. The zero-order valence-electron chi connectivity index (χ0n) is 23.8. The first-order valence-electron chi connectivity index (χ1n) is 14.2. The van der Waals surface area contributed by atoms with Crippen LogP contribution in [0.3, 0.4) is 0 Å². The molecular weight excluding hydrogens is 520 g/mol. The highest BCUT2D eigenvalue weighted by atomic mass is 16.5. The van der Waals surface area contributed by atoms with Gasteiger partial charge in [-0.3, -0.25) is 14.4 Å². The van der Waals surface area contributed by atoms with Crippen molar-refractivity contribution in [3.8, 4) is 0 Å².